The zero-order chi connectivity index (χ0) is 18.8. The number of rotatable bonds is 3. The Morgan fingerprint density at radius 1 is 0.963 bits per heavy atom. The van der Waals surface area contributed by atoms with E-state index in [4.69, 9.17) is 0 Å². The van der Waals surface area contributed by atoms with Crippen molar-refractivity contribution in [1.82, 2.24) is 19.8 Å². The highest BCUT2D eigenvalue weighted by molar-refractivity contribution is 5.79. The van der Waals surface area contributed by atoms with E-state index in [1.54, 1.807) is 6.33 Å². The molecule has 0 aromatic carbocycles. The number of piperidine rings is 2. The van der Waals surface area contributed by atoms with Crippen molar-refractivity contribution in [2.75, 3.05) is 44.2 Å². The molecular weight excluding hydrogens is 338 g/mol. The molecule has 27 heavy (non-hydrogen) atoms. The van der Waals surface area contributed by atoms with E-state index < -0.39 is 0 Å². The summed E-state index contributed by atoms with van der Waals surface area (Å²) in [5.41, 5.74) is 2.27. The average molecular weight is 372 g/mol. The average Bonchev–Trinajstić information content (AvgIpc) is 3.25. The number of hydrogen-bond donors (Lipinski definition) is 0. The number of anilines is 1. The van der Waals surface area contributed by atoms with Crippen LogP contribution in [0.4, 0.5) is 5.82 Å². The van der Waals surface area contributed by atoms with E-state index in [0.717, 1.165) is 76.5 Å². The SMILES string of the molecule is Cc1ncnc(N2CCC(N3CCCC(C(=O)N4CCCC4)C3)CC2)c1C. The number of hydrogen-bond acceptors (Lipinski definition) is 5. The molecular formula is C21H33N5O. The summed E-state index contributed by atoms with van der Waals surface area (Å²) in [6, 6.07) is 0.610. The van der Waals surface area contributed by atoms with E-state index >= 15 is 0 Å². The second kappa shape index (κ2) is 8.13. The smallest absolute Gasteiger partial charge is 0.226 e. The Bertz CT molecular complexity index is 665. The topological polar surface area (TPSA) is 52.6 Å². The van der Waals surface area contributed by atoms with Crippen LogP contribution >= 0.6 is 0 Å². The lowest BCUT2D eigenvalue weighted by Gasteiger charge is -2.43. The molecule has 0 N–H and O–H groups in total. The zero-order valence-electron chi connectivity index (χ0n) is 16.9. The molecule has 3 aliphatic heterocycles. The van der Waals surface area contributed by atoms with Crippen molar-refractivity contribution < 1.29 is 4.79 Å². The number of nitrogens with zero attached hydrogens (tertiary/aromatic N) is 5. The highest BCUT2D eigenvalue weighted by Gasteiger charge is 2.34. The minimum atomic E-state index is 0.224. The van der Waals surface area contributed by atoms with Crippen molar-refractivity contribution in [3.8, 4) is 0 Å². The molecule has 0 spiro atoms. The molecule has 0 bridgehead atoms. The molecule has 1 aromatic heterocycles. The largest absolute Gasteiger partial charge is 0.356 e. The predicted molar refractivity (Wildman–Crippen MR) is 107 cm³/mol. The molecule has 3 aliphatic rings. The highest BCUT2D eigenvalue weighted by atomic mass is 16.2. The zero-order valence-corrected chi connectivity index (χ0v) is 16.9. The number of carbonyl (C=O) groups is 1. The van der Waals surface area contributed by atoms with Crippen LogP contribution in [0.15, 0.2) is 6.33 Å². The molecule has 1 unspecified atom stereocenters. The summed E-state index contributed by atoms with van der Waals surface area (Å²) in [5.74, 6) is 1.74. The van der Waals surface area contributed by atoms with Gasteiger partial charge in [-0.15, -0.1) is 0 Å². The summed E-state index contributed by atoms with van der Waals surface area (Å²) in [7, 11) is 0. The predicted octanol–water partition coefficient (Wildman–Crippen LogP) is 2.40. The first kappa shape index (κ1) is 18.7. The number of carbonyl (C=O) groups excluding carboxylic acids is 1. The molecule has 3 saturated heterocycles. The molecule has 0 aliphatic carbocycles. The van der Waals surface area contributed by atoms with Gasteiger partial charge in [-0.3, -0.25) is 9.69 Å². The Balaban J connectivity index is 1.33. The second-order valence-electron chi connectivity index (χ2n) is 8.49. The van der Waals surface area contributed by atoms with Crippen molar-refractivity contribution in [1.29, 1.82) is 0 Å². The number of aryl methyl sites for hydroxylation is 1. The maximum absolute atomic E-state index is 12.8. The first-order valence-corrected chi connectivity index (χ1v) is 10.7. The van der Waals surface area contributed by atoms with Gasteiger partial charge in [0.05, 0.1) is 5.92 Å². The molecule has 4 rings (SSSR count). The number of likely N-dealkylation sites (tertiary alicyclic amines) is 2. The summed E-state index contributed by atoms with van der Waals surface area (Å²) >= 11 is 0. The summed E-state index contributed by atoms with van der Waals surface area (Å²) in [6.45, 7) is 10.3. The fraction of sp³-hybridized carbons (Fsp3) is 0.762. The van der Waals surface area contributed by atoms with Crippen molar-refractivity contribution in [2.45, 2.75) is 58.4 Å². The van der Waals surface area contributed by atoms with E-state index in [1.165, 1.54) is 18.4 Å². The van der Waals surface area contributed by atoms with Gasteiger partial charge < -0.3 is 9.80 Å². The molecule has 0 radical (unpaired) electrons. The van der Waals surface area contributed by atoms with Crippen LogP contribution in [0.25, 0.3) is 0 Å². The molecule has 148 valence electrons. The third-order valence-electron chi connectivity index (χ3n) is 6.81. The van der Waals surface area contributed by atoms with Crippen LogP contribution in [0, 0.1) is 19.8 Å². The van der Waals surface area contributed by atoms with Crippen LogP contribution in [0.2, 0.25) is 0 Å². The van der Waals surface area contributed by atoms with Crippen LogP contribution in [0.5, 0.6) is 0 Å². The van der Waals surface area contributed by atoms with E-state index in [-0.39, 0.29) is 5.92 Å². The van der Waals surface area contributed by atoms with Gasteiger partial charge in [0, 0.05) is 50.0 Å². The first-order valence-electron chi connectivity index (χ1n) is 10.7. The summed E-state index contributed by atoms with van der Waals surface area (Å²) in [4.78, 5) is 28.8. The molecule has 6 heteroatoms. The van der Waals surface area contributed by atoms with Gasteiger partial charge in [-0.25, -0.2) is 9.97 Å². The maximum atomic E-state index is 12.8. The molecule has 1 amide bonds. The number of amides is 1. The third kappa shape index (κ3) is 3.96. The van der Waals surface area contributed by atoms with Crippen LogP contribution < -0.4 is 4.90 Å². The van der Waals surface area contributed by atoms with Gasteiger partial charge in [0.25, 0.3) is 0 Å². The lowest BCUT2D eigenvalue weighted by atomic mass is 9.93. The van der Waals surface area contributed by atoms with E-state index in [0.29, 0.717) is 11.9 Å². The Kier molecular flexibility index (Phi) is 5.62. The summed E-state index contributed by atoms with van der Waals surface area (Å²) in [5, 5.41) is 0. The summed E-state index contributed by atoms with van der Waals surface area (Å²) in [6.07, 6.45) is 8.60. The Labute approximate surface area is 162 Å². The van der Waals surface area contributed by atoms with Gasteiger partial charge in [-0.05, 0) is 58.9 Å². The third-order valence-corrected chi connectivity index (χ3v) is 6.81. The van der Waals surface area contributed by atoms with Crippen molar-refractivity contribution >= 4 is 11.7 Å². The quantitative estimate of drug-likeness (QED) is 0.817. The molecule has 3 fully saturated rings. The van der Waals surface area contributed by atoms with Gasteiger partial charge in [0.15, 0.2) is 0 Å². The minimum absolute atomic E-state index is 0.224. The normalized spacial score (nSPS) is 25.2. The van der Waals surface area contributed by atoms with E-state index in [1.807, 2.05) is 0 Å². The van der Waals surface area contributed by atoms with Crippen molar-refractivity contribution in [2.24, 2.45) is 5.92 Å². The van der Waals surface area contributed by atoms with E-state index in [9.17, 15) is 4.79 Å². The van der Waals surface area contributed by atoms with Gasteiger partial charge in [0.1, 0.15) is 12.1 Å². The fourth-order valence-electron chi connectivity index (χ4n) is 5.02. The Hall–Kier alpha value is -1.69. The van der Waals surface area contributed by atoms with Crippen LogP contribution in [0.3, 0.4) is 0 Å². The minimum Gasteiger partial charge on any atom is -0.356 e. The maximum Gasteiger partial charge on any atom is 0.226 e. The monoisotopic (exact) mass is 371 g/mol. The van der Waals surface area contributed by atoms with Crippen LogP contribution in [0.1, 0.15) is 49.8 Å². The molecule has 6 nitrogen and oxygen atoms in total. The van der Waals surface area contributed by atoms with Gasteiger partial charge >= 0.3 is 0 Å². The molecule has 1 aromatic rings. The standard InChI is InChI=1S/C21H33N5O/c1-16-17(2)22-15-23-20(16)24-12-7-19(8-13-24)26-11-5-6-18(14-26)21(27)25-9-3-4-10-25/h15,18-19H,3-14H2,1-2H3. The van der Waals surface area contributed by atoms with E-state index in [2.05, 4.69) is 38.5 Å². The van der Waals surface area contributed by atoms with Gasteiger partial charge in [-0.2, -0.15) is 0 Å². The van der Waals surface area contributed by atoms with Gasteiger partial charge in [0.2, 0.25) is 5.91 Å². The first-order chi connectivity index (χ1) is 13.1. The highest BCUT2D eigenvalue weighted by Crippen LogP contribution is 2.28. The van der Waals surface area contributed by atoms with Crippen molar-refractivity contribution in [3.63, 3.8) is 0 Å². The van der Waals surface area contributed by atoms with Crippen molar-refractivity contribution in [3.05, 3.63) is 17.6 Å². The Morgan fingerprint density at radius 3 is 2.44 bits per heavy atom. The molecule has 1 atom stereocenters. The van der Waals surface area contributed by atoms with Crippen LogP contribution in [-0.4, -0.2) is 71.0 Å². The fourth-order valence-corrected chi connectivity index (χ4v) is 5.02. The molecule has 0 saturated carbocycles. The van der Waals surface area contributed by atoms with Crippen LogP contribution in [-0.2, 0) is 4.79 Å². The Morgan fingerprint density at radius 2 is 1.70 bits per heavy atom. The second-order valence-corrected chi connectivity index (χ2v) is 8.49. The van der Waals surface area contributed by atoms with Gasteiger partial charge in [-0.1, -0.05) is 0 Å². The molecule has 4 heterocycles. The number of aromatic nitrogens is 2. The lowest BCUT2D eigenvalue weighted by Crippen LogP contribution is -2.51. The summed E-state index contributed by atoms with van der Waals surface area (Å²) < 4.78 is 0. The lowest BCUT2D eigenvalue weighted by molar-refractivity contribution is -0.136.